The van der Waals surface area contributed by atoms with Gasteiger partial charge in [-0.1, -0.05) is 6.07 Å². The Kier molecular flexibility index (Phi) is 5.48. The molecular formula is C19H27N5O. The van der Waals surface area contributed by atoms with Crippen LogP contribution in [0, 0.1) is 0 Å². The number of nitrogens with zero attached hydrogens (tertiary/aromatic N) is 5. The summed E-state index contributed by atoms with van der Waals surface area (Å²) in [5, 5.41) is 4.17. The van der Waals surface area contributed by atoms with E-state index in [4.69, 9.17) is 4.98 Å². The molecule has 3 heterocycles. The molecule has 6 nitrogen and oxygen atoms in total. The molecule has 25 heavy (non-hydrogen) atoms. The second kappa shape index (κ2) is 7.78. The zero-order chi connectivity index (χ0) is 17.8. The molecule has 2 aromatic heterocycles. The van der Waals surface area contributed by atoms with Crippen molar-refractivity contribution in [3.8, 4) is 0 Å². The molecule has 1 saturated heterocycles. The molecule has 1 amide bonds. The quantitative estimate of drug-likeness (QED) is 0.808. The molecule has 0 aromatic carbocycles. The highest BCUT2D eigenvalue weighted by atomic mass is 16.2. The number of pyridine rings is 1. The van der Waals surface area contributed by atoms with Crippen molar-refractivity contribution in [2.24, 2.45) is 7.05 Å². The molecule has 1 aliphatic rings. The van der Waals surface area contributed by atoms with Crippen LogP contribution in [-0.4, -0.2) is 51.1 Å². The predicted molar refractivity (Wildman–Crippen MR) is 96.8 cm³/mol. The summed E-state index contributed by atoms with van der Waals surface area (Å²) in [4.78, 5) is 21.7. The maximum Gasteiger partial charge on any atom is 0.223 e. The molecule has 0 spiro atoms. The summed E-state index contributed by atoms with van der Waals surface area (Å²) in [6.07, 6.45) is 5.07. The molecule has 6 heteroatoms. The largest absolute Gasteiger partial charge is 0.334 e. The van der Waals surface area contributed by atoms with Crippen LogP contribution in [0.2, 0.25) is 0 Å². The normalized spacial score (nSPS) is 17.4. The summed E-state index contributed by atoms with van der Waals surface area (Å²) in [5.74, 6) is 0.212. The Labute approximate surface area is 149 Å². The van der Waals surface area contributed by atoms with Crippen molar-refractivity contribution in [1.82, 2.24) is 24.6 Å². The number of aromatic nitrogens is 3. The van der Waals surface area contributed by atoms with Gasteiger partial charge in [-0.05, 0) is 51.6 Å². The summed E-state index contributed by atoms with van der Waals surface area (Å²) >= 11 is 0. The number of rotatable bonds is 6. The van der Waals surface area contributed by atoms with Gasteiger partial charge < -0.3 is 9.80 Å². The van der Waals surface area contributed by atoms with Crippen molar-refractivity contribution in [3.05, 3.63) is 47.5 Å². The zero-order valence-corrected chi connectivity index (χ0v) is 15.4. The van der Waals surface area contributed by atoms with Gasteiger partial charge in [0.25, 0.3) is 0 Å². The fourth-order valence-electron chi connectivity index (χ4n) is 3.49. The van der Waals surface area contributed by atoms with Crippen LogP contribution >= 0.6 is 0 Å². The first-order chi connectivity index (χ1) is 12.0. The molecule has 1 atom stereocenters. The SMILES string of the molecule is CN(C)Cc1cccc([C@@H]2CCCN2C(=O)CCc2ccnn2C)n1. The van der Waals surface area contributed by atoms with Crippen molar-refractivity contribution < 1.29 is 4.79 Å². The van der Waals surface area contributed by atoms with E-state index in [0.29, 0.717) is 6.42 Å². The average molecular weight is 341 g/mol. The fourth-order valence-corrected chi connectivity index (χ4v) is 3.49. The van der Waals surface area contributed by atoms with E-state index < -0.39 is 0 Å². The smallest absolute Gasteiger partial charge is 0.223 e. The second-order valence-electron chi connectivity index (χ2n) is 6.98. The Hall–Kier alpha value is -2.21. The van der Waals surface area contributed by atoms with Crippen molar-refractivity contribution in [2.75, 3.05) is 20.6 Å². The van der Waals surface area contributed by atoms with E-state index in [0.717, 1.165) is 49.4 Å². The van der Waals surface area contributed by atoms with Gasteiger partial charge in [0.1, 0.15) is 0 Å². The van der Waals surface area contributed by atoms with Crippen molar-refractivity contribution >= 4 is 5.91 Å². The molecule has 0 unspecified atom stereocenters. The van der Waals surface area contributed by atoms with E-state index in [2.05, 4.69) is 22.1 Å². The highest BCUT2D eigenvalue weighted by Gasteiger charge is 2.30. The highest BCUT2D eigenvalue weighted by molar-refractivity contribution is 5.77. The van der Waals surface area contributed by atoms with Crippen LogP contribution in [0.3, 0.4) is 0 Å². The van der Waals surface area contributed by atoms with Crippen LogP contribution in [0.4, 0.5) is 0 Å². The van der Waals surface area contributed by atoms with Crippen molar-refractivity contribution in [2.45, 2.75) is 38.3 Å². The molecule has 0 radical (unpaired) electrons. The van der Waals surface area contributed by atoms with E-state index >= 15 is 0 Å². The average Bonchev–Trinajstić information content (AvgIpc) is 3.21. The number of hydrogen-bond acceptors (Lipinski definition) is 4. The standard InChI is InChI=1S/C19H27N5O/c1-22(2)14-15-6-4-7-17(21-15)18-8-5-13-24(18)19(25)10-9-16-11-12-20-23(16)3/h4,6-7,11-12,18H,5,8-10,13-14H2,1-3H3/t18-/m0/s1. The molecule has 3 rings (SSSR count). The third kappa shape index (κ3) is 4.25. The van der Waals surface area contributed by atoms with Crippen molar-refractivity contribution in [1.29, 1.82) is 0 Å². The molecule has 0 aliphatic carbocycles. The van der Waals surface area contributed by atoms with Gasteiger partial charge in [-0.2, -0.15) is 5.10 Å². The summed E-state index contributed by atoms with van der Waals surface area (Å²) in [5.41, 5.74) is 3.16. The topological polar surface area (TPSA) is 54.3 Å². The number of carbonyl (C=O) groups excluding carboxylic acids is 1. The van der Waals surface area contributed by atoms with Crippen LogP contribution < -0.4 is 0 Å². The molecule has 134 valence electrons. The third-order valence-electron chi connectivity index (χ3n) is 4.74. The lowest BCUT2D eigenvalue weighted by Crippen LogP contribution is -2.31. The first-order valence-electron chi connectivity index (χ1n) is 8.91. The van der Waals surface area contributed by atoms with E-state index in [1.165, 1.54) is 0 Å². The number of aryl methyl sites for hydroxylation is 2. The van der Waals surface area contributed by atoms with Crippen LogP contribution in [0.15, 0.2) is 30.5 Å². The maximum absolute atomic E-state index is 12.8. The molecule has 0 N–H and O–H groups in total. The lowest BCUT2D eigenvalue weighted by Gasteiger charge is -2.25. The van der Waals surface area contributed by atoms with E-state index in [1.807, 2.05) is 42.9 Å². The maximum atomic E-state index is 12.8. The van der Waals surface area contributed by atoms with Gasteiger partial charge in [-0.3, -0.25) is 14.5 Å². The monoisotopic (exact) mass is 341 g/mol. The number of carbonyl (C=O) groups is 1. The van der Waals surface area contributed by atoms with Crippen LogP contribution in [0.5, 0.6) is 0 Å². The third-order valence-corrected chi connectivity index (χ3v) is 4.74. The Morgan fingerprint density at radius 3 is 2.88 bits per heavy atom. The number of hydrogen-bond donors (Lipinski definition) is 0. The summed E-state index contributed by atoms with van der Waals surface area (Å²) < 4.78 is 1.83. The van der Waals surface area contributed by atoms with Gasteiger partial charge in [-0.15, -0.1) is 0 Å². The van der Waals surface area contributed by atoms with Gasteiger partial charge in [0.05, 0.1) is 17.4 Å². The van der Waals surface area contributed by atoms with Crippen molar-refractivity contribution in [3.63, 3.8) is 0 Å². The molecular weight excluding hydrogens is 314 g/mol. The first-order valence-corrected chi connectivity index (χ1v) is 8.91. The molecule has 0 bridgehead atoms. The van der Waals surface area contributed by atoms with E-state index in [-0.39, 0.29) is 11.9 Å². The van der Waals surface area contributed by atoms with Gasteiger partial charge >= 0.3 is 0 Å². The van der Waals surface area contributed by atoms with Gasteiger partial charge in [0.15, 0.2) is 0 Å². The Morgan fingerprint density at radius 2 is 2.16 bits per heavy atom. The van der Waals surface area contributed by atoms with Crippen LogP contribution in [-0.2, 0) is 24.8 Å². The fraction of sp³-hybridized carbons (Fsp3) is 0.526. The summed E-state index contributed by atoms with van der Waals surface area (Å²) in [6.45, 7) is 1.64. The number of amides is 1. The minimum Gasteiger partial charge on any atom is -0.334 e. The molecule has 0 saturated carbocycles. The zero-order valence-electron chi connectivity index (χ0n) is 15.4. The van der Waals surface area contributed by atoms with Crippen LogP contribution in [0.1, 0.15) is 42.4 Å². The molecule has 1 aliphatic heterocycles. The lowest BCUT2D eigenvalue weighted by molar-refractivity contribution is -0.132. The predicted octanol–water partition coefficient (Wildman–Crippen LogP) is 2.17. The minimum absolute atomic E-state index is 0.112. The number of likely N-dealkylation sites (tertiary alicyclic amines) is 1. The van der Waals surface area contributed by atoms with E-state index in [1.54, 1.807) is 6.20 Å². The highest BCUT2D eigenvalue weighted by Crippen LogP contribution is 2.31. The van der Waals surface area contributed by atoms with Crippen LogP contribution in [0.25, 0.3) is 0 Å². The van der Waals surface area contributed by atoms with Gasteiger partial charge in [0.2, 0.25) is 5.91 Å². The Balaban J connectivity index is 1.67. The van der Waals surface area contributed by atoms with E-state index in [9.17, 15) is 4.79 Å². The Bertz CT molecular complexity index is 724. The van der Waals surface area contributed by atoms with Gasteiger partial charge in [-0.25, -0.2) is 0 Å². The lowest BCUT2D eigenvalue weighted by atomic mass is 10.1. The summed E-state index contributed by atoms with van der Waals surface area (Å²) in [7, 11) is 6.00. The minimum atomic E-state index is 0.112. The Morgan fingerprint density at radius 1 is 1.32 bits per heavy atom. The summed E-state index contributed by atoms with van der Waals surface area (Å²) in [6, 6.07) is 8.24. The molecule has 2 aromatic rings. The second-order valence-corrected chi connectivity index (χ2v) is 6.98. The molecule has 1 fully saturated rings. The van der Waals surface area contributed by atoms with Gasteiger partial charge in [0, 0.05) is 38.4 Å². The first kappa shape index (κ1) is 17.6.